The molecular formula is C6H15BrN2O. The van der Waals surface area contributed by atoms with Gasteiger partial charge in [-0.2, -0.15) is 0 Å². The summed E-state index contributed by atoms with van der Waals surface area (Å²) >= 11 is 0. The van der Waals surface area contributed by atoms with Crippen LogP contribution in [0.5, 0.6) is 0 Å². The van der Waals surface area contributed by atoms with Gasteiger partial charge in [0.1, 0.15) is 0 Å². The highest BCUT2D eigenvalue weighted by Crippen LogP contribution is 1.75. The lowest BCUT2D eigenvalue weighted by Crippen LogP contribution is -2.38. The third kappa shape index (κ3) is 6.04. The Hall–Kier alpha value is -0.0900. The van der Waals surface area contributed by atoms with E-state index in [1.54, 1.807) is 6.92 Å². The molecule has 0 aromatic carbocycles. The van der Waals surface area contributed by atoms with Crippen molar-refractivity contribution in [2.75, 3.05) is 6.54 Å². The Morgan fingerprint density at radius 2 is 2.20 bits per heavy atom. The van der Waals surface area contributed by atoms with E-state index < -0.39 is 0 Å². The minimum absolute atomic E-state index is 0. The van der Waals surface area contributed by atoms with E-state index in [1.807, 2.05) is 6.92 Å². The van der Waals surface area contributed by atoms with E-state index in [4.69, 9.17) is 5.73 Å². The monoisotopic (exact) mass is 210 g/mol. The Labute approximate surface area is 72.1 Å². The van der Waals surface area contributed by atoms with Gasteiger partial charge < -0.3 is 11.1 Å². The summed E-state index contributed by atoms with van der Waals surface area (Å²) in [6.45, 7) is 4.40. The first-order chi connectivity index (χ1) is 4.18. The van der Waals surface area contributed by atoms with Crippen molar-refractivity contribution in [1.29, 1.82) is 0 Å². The lowest BCUT2D eigenvalue weighted by atomic mass is 10.3. The summed E-state index contributed by atoms with van der Waals surface area (Å²) in [7, 11) is 0. The van der Waals surface area contributed by atoms with Gasteiger partial charge in [0.2, 0.25) is 5.91 Å². The quantitative estimate of drug-likeness (QED) is 0.711. The first-order valence-corrected chi connectivity index (χ1v) is 3.21. The Morgan fingerprint density at radius 3 is 2.50 bits per heavy atom. The highest BCUT2D eigenvalue weighted by Gasteiger charge is 2.03. The largest absolute Gasteiger partial charge is 0.355 e. The van der Waals surface area contributed by atoms with E-state index in [9.17, 15) is 4.79 Å². The molecule has 0 spiro atoms. The van der Waals surface area contributed by atoms with E-state index >= 15 is 0 Å². The van der Waals surface area contributed by atoms with Gasteiger partial charge in [0, 0.05) is 6.54 Å². The zero-order chi connectivity index (χ0) is 7.28. The summed E-state index contributed by atoms with van der Waals surface area (Å²) in [6.07, 6.45) is 0.957. The topological polar surface area (TPSA) is 55.1 Å². The molecule has 0 saturated carbocycles. The van der Waals surface area contributed by atoms with Crippen LogP contribution in [-0.4, -0.2) is 18.5 Å². The van der Waals surface area contributed by atoms with Crippen molar-refractivity contribution < 1.29 is 4.79 Å². The molecule has 0 unspecified atom stereocenters. The summed E-state index contributed by atoms with van der Waals surface area (Å²) in [5.41, 5.74) is 5.26. The predicted octanol–water partition coefficient (Wildman–Crippen LogP) is 0.438. The average molecular weight is 211 g/mol. The molecule has 0 saturated heterocycles. The van der Waals surface area contributed by atoms with Gasteiger partial charge in [-0.15, -0.1) is 17.0 Å². The number of carbonyl (C=O) groups excluding carboxylic acids is 1. The van der Waals surface area contributed by atoms with Crippen LogP contribution in [0.15, 0.2) is 0 Å². The van der Waals surface area contributed by atoms with Crippen molar-refractivity contribution in [1.82, 2.24) is 5.32 Å². The van der Waals surface area contributed by atoms with Crippen molar-refractivity contribution >= 4 is 22.9 Å². The molecule has 3 N–H and O–H groups in total. The molecule has 0 aliphatic carbocycles. The maximum Gasteiger partial charge on any atom is 0.236 e. The van der Waals surface area contributed by atoms with Crippen molar-refractivity contribution in [2.45, 2.75) is 26.3 Å². The van der Waals surface area contributed by atoms with Crippen LogP contribution in [0.2, 0.25) is 0 Å². The molecule has 4 heteroatoms. The van der Waals surface area contributed by atoms with E-state index in [0.717, 1.165) is 13.0 Å². The van der Waals surface area contributed by atoms with Crippen LogP contribution in [0.25, 0.3) is 0 Å². The minimum Gasteiger partial charge on any atom is -0.355 e. The molecule has 62 valence electrons. The molecule has 3 nitrogen and oxygen atoms in total. The molecule has 0 fully saturated rings. The summed E-state index contributed by atoms with van der Waals surface area (Å²) in [5.74, 6) is -0.0724. The molecule has 0 heterocycles. The third-order valence-corrected chi connectivity index (χ3v) is 0.963. The Morgan fingerprint density at radius 1 is 1.70 bits per heavy atom. The molecule has 0 aliphatic rings. The molecular weight excluding hydrogens is 196 g/mol. The van der Waals surface area contributed by atoms with Gasteiger partial charge in [-0.25, -0.2) is 0 Å². The predicted molar refractivity (Wildman–Crippen MR) is 47.3 cm³/mol. The van der Waals surface area contributed by atoms with Crippen LogP contribution in [0.1, 0.15) is 20.3 Å². The molecule has 0 rings (SSSR count). The Kier molecular flexibility index (Phi) is 8.83. The van der Waals surface area contributed by atoms with Gasteiger partial charge in [0.05, 0.1) is 6.04 Å². The SMILES string of the molecule is Br.CCCNC(=O)[C@H](C)N. The van der Waals surface area contributed by atoms with Crippen LogP contribution in [0.3, 0.4) is 0 Å². The number of carbonyl (C=O) groups is 1. The normalized spacial score (nSPS) is 11.5. The average Bonchev–Trinajstić information content (AvgIpc) is 1.82. The number of hydrogen-bond donors (Lipinski definition) is 2. The second-order valence-corrected chi connectivity index (χ2v) is 2.08. The fraction of sp³-hybridized carbons (Fsp3) is 0.833. The molecule has 0 radical (unpaired) electrons. The summed E-state index contributed by atoms with van der Waals surface area (Å²) in [6, 6.07) is -0.378. The van der Waals surface area contributed by atoms with Crippen LogP contribution < -0.4 is 11.1 Å². The first-order valence-electron chi connectivity index (χ1n) is 3.21. The molecule has 0 aliphatic heterocycles. The fourth-order valence-corrected chi connectivity index (χ4v) is 0.409. The summed E-state index contributed by atoms with van der Waals surface area (Å²) < 4.78 is 0. The molecule has 0 aromatic heterocycles. The van der Waals surface area contributed by atoms with Gasteiger partial charge in [0.15, 0.2) is 0 Å². The second-order valence-electron chi connectivity index (χ2n) is 2.08. The fourth-order valence-electron chi connectivity index (χ4n) is 0.409. The molecule has 1 amide bonds. The van der Waals surface area contributed by atoms with Crippen molar-refractivity contribution in [3.8, 4) is 0 Å². The van der Waals surface area contributed by atoms with Crippen molar-refractivity contribution in [3.05, 3.63) is 0 Å². The van der Waals surface area contributed by atoms with Gasteiger partial charge in [-0.3, -0.25) is 4.79 Å². The van der Waals surface area contributed by atoms with Gasteiger partial charge >= 0.3 is 0 Å². The van der Waals surface area contributed by atoms with E-state index in [0.29, 0.717) is 0 Å². The number of nitrogens with one attached hydrogen (secondary N) is 1. The van der Waals surface area contributed by atoms with E-state index in [1.165, 1.54) is 0 Å². The number of halogens is 1. The molecule has 0 bridgehead atoms. The molecule has 0 aromatic rings. The summed E-state index contributed by atoms with van der Waals surface area (Å²) in [5, 5.41) is 2.67. The first kappa shape index (κ1) is 12.6. The summed E-state index contributed by atoms with van der Waals surface area (Å²) in [4.78, 5) is 10.7. The standard InChI is InChI=1S/C6H14N2O.BrH/c1-3-4-8-6(9)5(2)7;/h5H,3-4,7H2,1-2H3,(H,8,9);1H/t5-;/m0./s1. The zero-order valence-corrected chi connectivity index (χ0v) is 8.10. The van der Waals surface area contributed by atoms with Crippen LogP contribution in [0.4, 0.5) is 0 Å². The Balaban J connectivity index is 0. The molecule has 10 heavy (non-hydrogen) atoms. The number of hydrogen-bond acceptors (Lipinski definition) is 2. The maximum absolute atomic E-state index is 10.7. The lowest BCUT2D eigenvalue weighted by Gasteiger charge is -2.04. The molecule has 1 atom stereocenters. The van der Waals surface area contributed by atoms with Crippen LogP contribution in [0, 0.1) is 0 Å². The third-order valence-electron chi connectivity index (χ3n) is 0.963. The Bertz CT molecular complexity index is 95.7. The number of amides is 1. The van der Waals surface area contributed by atoms with Crippen LogP contribution in [-0.2, 0) is 4.79 Å². The van der Waals surface area contributed by atoms with Crippen molar-refractivity contribution in [2.24, 2.45) is 5.73 Å². The highest BCUT2D eigenvalue weighted by molar-refractivity contribution is 8.93. The number of rotatable bonds is 3. The minimum atomic E-state index is -0.378. The van der Waals surface area contributed by atoms with Crippen molar-refractivity contribution in [3.63, 3.8) is 0 Å². The smallest absolute Gasteiger partial charge is 0.236 e. The lowest BCUT2D eigenvalue weighted by molar-refractivity contribution is -0.121. The number of nitrogens with two attached hydrogens (primary N) is 1. The van der Waals surface area contributed by atoms with Gasteiger partial charge in [-0.1, -0.05) is 6.92 Å². The van der Waals surface area contributed by atoms with Crippen LogP contribution >= 0.6 is 17.0 Å². The second kappa shape index (κ2) is 7.02. The van der Waals surface area contributed by atoms with Gasteiger partial charge in [0.25, 0.3) is 0 Å². The highest BCUT2D eigenvalue weighted by atomic mass is 79.9. The van der Waals surface area contributed by atoms with E-state index in [-0.39, 0.29) is 28.9 Å². The van der Waals surface area contributed by atoms with Gasteiger partial charge in [-0.05, 0) is 13.3 Å². The maximum atomic E-state index is 10.7. The van der Waals surface area contributed by atoms with E-state index in [2.05, 4.69) is 5.32 Å². The zero-order valence-electron chi connectivity index (χ0n) is 6.39.